The maximum absolute atomic E-state index is 8.60. The van der Waals surface area contributed by atoms with Gasteiger partial charge in [-0.2, -0.15) is 5.26 Å². The van der Waals surface area contributed by atoms with Crippen LogP contribution < -0.4 is 5.73 Å². The second-order valence-corrected chi connectivity index (χ2v) is 4.04. The monoisotopic (exact) mass is 277 g/mol. The molecule has 80 valence electrons. The molecular weight excluding hydrogens is 270 g/mol. The smallest absolute Gasteiger partial charge is 0.252 e. The van der Waals surface area contributed by atoms with E-state index in [0.717, 1.165) is 10.0 Å². The predicted octanol–water partition coefficient (Wildman–Crippen LogP) is 1.54. The standard InChI is InChI=1S/C10H8BrN5/c11-8-2-1-3-9(13)7(8)5-16-6-14-10(4-12)15-16/h1-3,6H,5,13H2. The number of nitrogen functional groups attached to an aromatic ring is 1. The molecule has 0 saturated heterocycles. The fraction of sp³-hybridized carbons (Fsp3) is 0.100. The highest BCUT2D eigenvalue weighted by atomic mass is 79.9. The molecule has 2 aromatic rings. The number of anilines is 1. The van der Waals surface area contributed by atoms with Crippen molar-refractivity contribution in [2.75, 3.05) is 5.73 Å². The fourth-order valence-corrected chi connectivity index (χ4v) is 1.83. The summed E-state index contributed by atoms with van der Waals surface area (Å²) < 4.78 is 2.50. The van der Waals surface area contributed by atoms with E-state index in [-0.39, 0.29) is 5.82 Å². The summed E-state index contributed by atoms with van der Waals surface area (Å²) in [6, 6.07) is 7.47. The lowest BCUT2D eigenvalue weighted by atomic mass is 10.2. The second-order valence-electron chi connectivity index (χ2n) is 3.19. The zero-order valence-electron chi connectivity index (χ0n) is 8.26. The average molecular weight is 278 g/mol. The molecule has 0 aliphatic heterocycles. The van der Waals surface area contributed by atoms with Gasteiger partial charge in [-0.3, -0.25) is 0 Å². The van der Waals surface area contributed by atoms with Gasteiger partial charge in [-0.1, -0.05) is 22.0 Å². The topological polar surface area (TPSA) is 80.5 Å². The van der Waals surface area contributed by atoms with Crippen LogP contribution in [0.25, 0.3) is 0 Å². The molecule has 2 N–H and O–H groups in total. The van der Waals surface area contributed by atoms with Crippen molar-refractivity contribution in [2.24, 2.45) is 0 Å². The Balaban J connectivity index is 2.31. The van der Waals surface area contributed by atoms with Crippen LogP contribution in [0.5, 0.6) is 0 Å². The van der Waals surface area contributed by atoms with Crippen molar-refractivity contribution in [3.05, 3.63) is 40.4 Å². The van der Waals surface area contributed by atoms with Crippen molar-refractivity contribution in [3.8, 4) is 6.07 Å². The third-order valence-corrected chi connectivity index (χ3v) is 2.85. The normalized spacial score (nSPS) is 10.0. The highest BCUT2D eigenvalue weighted by Gasteiger charge is 2.06. The van der Waals surface area contributed by atoms with Crippen LogP contribution in [-0.2, 0) is 6.54 Å². The van der Waals surface area contributed by atoms with E-state index in [2.05, 4.69) is 26.0 Å². The van der Waals surface area contributed by atoms with E-state index in [4.69, 9.17) is 11.0 Å². The number of rotatable bonds is 2. The Bertz CT molecular complexity index is 534. The molecule has 0 bridgehead atoms. The molecule has 16 heavy (non-hydrogen) atoms. The molecule has 6 heteroatoms. The summed E-state index contributed by atoms with van der Waals surface area (Å²) in [4.78, 5) is 3.82. The minimum absolute atomic E-state index is 0.158. The van der Waals surface area contributed by atoms with Gasteiger partial charge in [-0.05, 0) is 12.1 Å². The lowest BCUT2D eigenvalue weighted by Crippen LogP contribution is -2.04. The molecule has 0 fully saturated rings. The Hall–Kier alpha value is -1.87. The van der Waals surface area contributed by atoms with Gasteiger partial charge in [0.05, 0.1) is 6.54 Å². The van der Waals surface area contributed by atoms with Gasteiger partial charge in [-0.25, -0.2) is 9.67 Å². The van der Waals surface area contributed by atoms with Crippen molar-refractivity contribution >= 4 is 21.6 Å². The zero-order valence-corrected chi connectivity index (χ0v) is 9.85. The van der Waals surface area contributed by atoms with Crippen LogP contribution in [0, 0.1) is 11.3 Å². The Morgan fingerprint density at radius 2 is 2.31 bits per heavy atom. The number of nitrogens with two attached hydrogens (primary N) is 1. The number of hydrogen-bond donors (Lipinski definition) is 1. The third kappa shape index (κ3) is 2.04. The first-order chi connectivity index (χ1) is 7.70. The van der Waals surface area contributed by atoms with Gasteiger partial charge >= 0.3 is 0 Å². The Morgan fingerprint density at radius 1 is 1.50 bits per heavy atom. The molecule has 0 amide bonds. The second kappa shape index (κ2) is 4.33. The van der Waals surface area contributed by atoms with Crippen LogP contribution in [0.1, 0.15) is 11.4 Å². The summed E-state index contributed by atoms with van der Waals surface area (Å²) in [5.74, 6) is 0.158. The summed E-state index contributed by atoms with van der Waals surface area (Å²) in [5, 5.41) is 12.6. The van der Waals surface area contributed by atoms with Crippen molar-refractivity contribution in [1.82, 2.24) is 14.8 Å². The molecule has 1 heterocycles. The molecule has 1 aromatic carbocycles. The van der Waals surface area contributed by atoms with Crippen molar-refractivity contribution < 1.29 is 0 Å². The molecule has 0 saturated carbocycles. The number of benzene rings is 1. The van der Waals surface area contributed by atoms with E-state index in [1.54, 1.807) is 4.68 Å². The van der Waals surface area contributed by atoms with Crippen LogP contribution in [-0.4, -0.2) is 14.8 Å². The van der Waals surface area contributed by atoms with Crippen LogP contribution in [0.2, 0.25) is 0 Å². The molecule has 0 unspecified atom stereocenters. The quantitative estimate of drug-likeness (QED) is 0.845. The number of hydrogen-bond acceptors (Lipinski definition) is 4. The Labute approximate surface area is 101 Å². The maximum Gasteiger partial charge on any atom is 0.252 e. The summed E-state index contributed by atoms with van der Waals surface area (Å²) in [7, 11) is 0. The fourth-order valence-electron chi connectivity index (χ4n) is 1.33. The molecule has 0 aliphatic rings. The molecule has 0 aliphatic carbocycles. The Morgan fingerprint density at radius 3 is 2.94 bits per heavy atom. The molecule has 0 atom stereocenters. The lowest BCUT2D eigenvalue weighted by Gasteiger charge is -2.07. The van der Waals surface area contributed by atoms with Crippen LogP contribution in [0.3, 0.4) is 0 Å². The van der Waals surface area contributed by atoms with E-state index < -0.39 is 0 Å². The van der Waals surface area contributed by atoms with Crippen molar-refractivity contribution in [3.63, 3.8) is 0 Å². The number of nitriles is 1. The highest BCUT2D eigenvalue weighted by molar-refractivity contribution is 9.10. The number of aromatic nitrogens is 3. The SMILES string of the molecule is N#Cc1ncn(Cc2c(N)cccc2Br)n1. The van der Waals surface area contributed by atoms with Gasteiger partial charge < -0.3 is 5.73 Å². The van der Waals surface area contributed by atoms with Crippen molar-refractivity contribution in [2.45, 2.75) is 6.54 Å². The summed E-state index contributed by atoms with van der Waals surface area (Å²) in [6.45, 7) is 0.488. The molecule has 0 radical (unpaired) electrons. The molecule has 1 aromatic heterocycles. The lowest BCUT2D eigenvalue weighted by molar-refractivity contribution is 0.682. The minimum atomic E-state index is 0.158. The van der Waals surface area contributed by atoms with Gasteiger partial charge in [-0.15, -0.1) is 5.10 Å². The summed E-state index contributed by atoms with van der Waals surface area (Å²) >= 11 is 3.42. The third-order valence-electron chi connectivity index (χ3n) is 2.11. The van der Waals surface area contributed by atoms with E-state index in [1.165, 1.54) is 6.33 Å². The molecule has 5 nitrogen and oxygen atoms in total. The van der Waals surface area contributed by atoms with E-state index in [0.29, 0.717) is 12.2 Å². The minimum Gasteiger partial charge on any atom is -0.398 e. The van der Waals surface area contributed by atoms with Crippen LogP contribution in [0.15, 0.2) is 29.0 Å². The van der Waals surface area contributed by atoms with Gasteiger partial charge in [0.25, 0.3) is 5.82 Å². The van der Waals surface area contributed by atoms with Crippen LogP contribution >= 0.6 is 15.9 Å². The first-order valence-corrected chi connectivity index (χ1v) is 5.32. The first-order valence-electron chi connectivity index (χ1n) is 4.53. The van der Waals surface area contributed by atoms with Gasteiger partial charge in [0.1, 0.15) is 12.4 Å². The number of halogens is 1. The maximum atomic E-state index is 8.60. The Kier molecular flexibility index (Phi) is 2.88. The van der Waals surface area contributed by atoms with Crippen molar-refractivity contribution in [1.29, 1.82) is 5.26 Å². The predicted molar refractivity (Wildman–Crippen MR) is 62.4 cm³/mol. The van der Waals surface area contributed by atoms with E-state index >= 15 is 0 Å². The van der Waals surface area contributed by atoms with E-state index in [1.807, 2.05) is 24.3 Å². The molecule has 2 rings (SSSR count). The van der Waals surface area contributed by atoms with Gasteiger partial charge in [0, 0.05) is 15.7 Å². The first kappa shape index (κ1) is 10.6. The molecule has 0 spiro atoms. The van der Waals surface area contributed by atoms with Crippen LogP contribution in [0.4, 0.5) is 5.69 Å². The van der Waals surface area contributed by atoms with E-state index in [9.17, 15) is 0 Å². The molecular formula is C10H8BrN5. The average Bonchev–Trinajstić information content (AvgIpc) is 2.71. The zero-order chi connectivity index (χ0) is 11.5. The summed E-state index contributed by atoms with van der Waals surface area (Å²) in [5.41, 5.74) is 7.46. The van der Waals surface area contributed by atoms with Gasteiger partial charge in [0.2, 0.25) is 0 Å². The summed E-state index contributed by atoms with van der Waals surface area (Å²) in [6.07, 6.45) is 1.51. The number of nitrogens with zero attached hydrogens (tertiary/aromatic N) is 4. The largest absolute Gasteiger partial charge is 0.398 e. The van der Waals surface area contributed by atoms with Gasteiger partial charge in [0.15, 0.2) is 0 Å². The highest BCUT2D eigenvalue weighted by Crippen LogP contribution is 2.23.